The van der Waals surface area contributed by atoms with Crippen molar-refractivity contribution in [3.63, 3.8) is 0 Å². The molecule has 0 aliphatic carbocycles. The number of rotatable bonds is 6. The third kappa shape index (κ3) is 5.25. The molecular formula is C17H25N5S. The molecular weight excluding hydrogens is 306 g/mol. The van der Waals surface area contributed by atoms with Crippen LogP contribution in [0, 0.1) is 0 Å². The molecule has 1 aromatic carbocycles. The molecule has 6 heteroatoms. The first-order chi connectivity index (χ1) is 11.1. The van der Waals surface area contributed by atoms with Crippen LogP contribution in [0.15, 0.2) is 40.7 Å². The number of hydrogen-bond donors (Lipinski definition) is 2. The summed E-state index contributed by atoms with van der Waals surface area (Å²) in [5.74, 6) is 1.22. The van der Waals surface area contributed by atoms with Gasteiger partial charge < -0.3 is 15.5 Å². The number of thiazole rings is 1. The van der Waals surface area contributed by atoms with Gasteiger partial charge in [0.1, 0.15) is 0 Å². The average molecular weight is 331 g/mol. The molecule has 0 spiro atoms. The van der Waals surface area contributed by atoms with Crippen LogP contribution in [0.3, 0.4) is 0 Å². The van der Waals surface area contributed by atoms with Crippen molar-refractivity contribution in [1.29, 1.82) is 0 Å². The maximum atomic E-state index is 4.56. The molecule has 0 amide bonds. The van der Waals surface area contributed by atoms with Gasteiger partial charge in [0.2, 0.25) is 0 Å². The first kappa shape index (κ1) is 17.3. The second-order valence-corrected chi connectivity index (χ2v) is 6.47. The van der Waals surface area contributed by atoms with E-state index in [9.17, 15) is 0 Å². The van der Waals surface area contributed by atoms with Gasteiger partial charge in [0.05, 0.1) is 12.2 Å². The molecule has 23 heavy (non-hydrogen) atoms. The maximum absolute atomic E-state index is 4.56. The molecule has 0 saturated heterocycles. The maximum Gasteiger partial charge on any atom is 0.191 e. The van der Waals surface area contributed by atoms with Crippen LogP contribution in [0.5, 0.6) is 0 Å². The van der Waals surface area contributed by atoms with Crippen molar-refractivity contribution < 1.29 is 0 Å². The first-order valence-electron chi connectivity index (χ1n) is 7.71. The number of aromatic nitrogens is 1. The van der Waals surface area contributed by atoms with Crippen molar-refractivity contribution in [2.75, 3.05) is 32.6 Å². The summed E-state index contributed by atoms with van der Waals surface area (Å²) >= 11 is 1.65. The predicted octanol–water partition coefficient (Wildman–Crippen LogP) is 2.68. The third-order valence-electron chi connectivity index (χ3n) is 3.53. The number of guanidine groups is 1. The zero-order valence-electron chi connectivity index (χ0n) is 14.2. The minimum absolute atomic E-state index is 0.425. The third-order valence-corrected chi connectivity index (χ3v) is 4.58. The Morgan fingerprint density at radius 1 is 1.26 bits per heavy atom. The summed E-state index contributed by atoms with van der Waals surface area (Å²) < 4.78 is 0. The molecule has 0 bridgehead atoms. The lowest BCUT2D eigenvalue weighted by Crippen LogP contribution is -2.38. The van der Waals surface area contributed by atoms with Crippen molar-refractivity contribution in [3.05, 3.63) is 47.0 Å². The number of nitrogens with one attached hydrogen (secondary N) is 2. The van der Waals surface area contributed by atoms with E-state index in [1.54, 1.807) is 18.4 Å². The highest BCUT2D eigenvalue weighted by atomic mass is 32.1. The number of nitrogens with zero attached hydrogens (tertiary/aromatic N) is 3. The van der Waals surface area contributed by atoms with E-state index in [-0.39, 0.29) is 0 Å². The van der Waals surface area contributed by atoms with Gasteiger partial charge in [-0.25, -0.2) is 4.98 Å². The fourth-order valence-electron chi connectivity index (χ4n) is 2.13. The Kier molecular flexibility index (Phi) is 6.40. The monoisotopic (exact) mass is 331 g/mol. The van der Waals surface area contributed by atoms with E-state index < -0.39 is 0 Å². The van der Waals surface area contributed by atoms with Gasteiger partial charge in [-0.2, -0.15) is 0 Å². The second kappa shape index (κ2) is 8.53. The van der Waals surface area contributed by atoms with Gasteiger partial charge >= 0.3 is 0 Å². The molecule has 0 saturated carbocycles. The van der Waals surface area contributed by atoms with Crippen LogP contribution in [0.1, 0.15) is 24.1 Å². The Morgan fingerprint density at radius 3 is 2.61 bits per heavy atom. The molecule has 2 rings (SSSR count). The number of benzene rings is 1. The van der Waals surface area contributed by atoms with Crippen LogP contribution in [0.4, 0.5) is 5.13 Å². The Balaban J connectivity index is 1.81. The Morgan fingerprint density at radius 2 is 2.00 bits per heavy atom. The Bertz CT molecular complexity index is 621. The normalized spacial score (nSPS) is 12.8. The number of anilines is 1. The van der Waals surface area contributed by atoms with E-state index in [4.69, 9.17) is 0 Å². The van der Waals surface area contributed by atoms with Crippen molar-refractivity contribution in [2.45, 2.75) is 19.4 Å². The molecule has 1 atom stereocenters. The molecule has 0 aliphatic rings. The van der Waals surface area contributed by atoms with Crippen LogP contribution < -0.4 is 15.5 Å². The zero-order chi connectivity index (χ0) is 16.7. The summed E-state index contributed by atoms with van der Waals surface area (Å²) in [5, 5.41) is 9.77. The van der Waals surface area contributed by atoms with E-state index in [1.807, 2.05) is 25.1 Å². The summed E-state index contributed by atoms with van der Waals surface area (Å²) in [6, 6.07) is 10.5. The molecule has 2 N–H and O–H groups in total. The molecule has 1 heterocycles. The highest BCUT2D eigenvalue weighted by Crippen LogP contribution is 2.17. The molecule has 2 aromatic rings. The summed E-state index contributed by atoms with van der Waals surface area (Å²) in [7, 11) is 5.79. The average Bonchev–Trinajstić information content (AvgIpc) is 3.05. The van der Waals surface area contributed by atoms with Gasteiger partial charge in [-0.3, -0.25) is 4.99 Å². The fraction of sp³-hybridized carbons (Fsp3) is 0.412. The van der Waals surface area contributed by atoms with E-state index in [0.29, 0.717) is 12.5 Å². The van der Waals surface area contributed by atoms with Crippen LogP contribution in [-0.4, -0.2) is 38.6 Å². The minimum Gasteiger partial charge on any atom is -0.356 e. The lowest BCUT2D eigenvalue weighted by atomic mass is 10.0. The second-order valence-electron chi connectivity index (χ2n) is 5.63. The summed E-state index contributed by atoms with van der Waals surface area (Å²) in [5.41, 5.74) is 2.35. The van der Waals surface area contributed by atoms with Crippen LogP contribution in [-0.2, 0) is 6.54 Å². The molecule has 0 aliphatic heterocycles. The lowest BCUT2D eigenvalue weighted by molar-refractivity contribution is 0.697. The van der Waals surface area contributed by atoms with Crippen molar-refractivity contribution in [2.24, 2.45) is 4.99 Å². The highest BCUT2D eigenvalue weighted by molar-refractivity contribution is 7.13. The van der Waals surface area contributed by atoms with E-state index in [2.05, 4.69) is 57.2 Å². The van der Waals surface area contributed by atoms with E-state index in [1.165, 1.54) is 5.56 Å². The standard InChI is InChI=1S/C17H25N5S/c1-13(14-8-6-5-7-9-14)10-19-16(18-2)20-11-15-12-23-17(21-15)22(3)4/h5-9,12-13H,10-11H2,1-4H3,(H2,18,19,20). The van der Waals surface area contributed by atoms with E-state index >= 15 is 0 Å². The topological polar surface area (TPSA) is 52.6 Å². The molecule has 124 valence electrons. The Labute approximate surface area is 142 Å². The SMILES string of the molecule is CN=C(NCc1csc(N(C)C)n1)NCC(C)c1ccccc1. The van der Waals surface area contributed by atoms with Gasteiger partial charge in [0.15, 0.2) is 11.1 Å². The highest BCUT2D eigenvalue weighted by Gasteiger charge is 2.07. The zero-order valence-corrected chi connectivity index (χ0v) is 15.0. The fourth-order valence-corrected chi connectivity index (χ4v) is 2.89. The van der Waals surface area contributed by atoms with Gasteiger partial charge in [0.25, 0.3) is 0 Å². The predicted molar refractivity (Wildman–Crippen MR) is 99.5 cm³/mol. The van der Waals surface area contributed by atoms with Crippen LogP contribution >= 0.6 is 11.3 Å². The van der Waals surface area contributed by atoms with Crippen molar-refractivity contribution in [3.8, 4) is 0 Å². The molecule has 0 fully saturated rings. The summed E-state index contributed by atoms with van der Waals surface area (Å²) in [6.07, 6.45) is 0. The lowest BCUT2D eigenvalue weighted by Gasteiger charge is -2.16. The van der Waals surface area contributed by atoms with Crippen LogP contribution in [0.25, 0.3) is 0 Å². The van der Waals surface area contributed by atoms with E-state index in [0.717, 1.165) is 23.3 Å². The largest absolute Gasteiger partial charge is 0.356 e. The van der Waals surface area contributed by atoms with Crippen LogP contribution in [0.2, 0.25) is 0 Å². The Hall–Kier alpha value is -2.08. The molecule has 5 nitrogen and oxygen atoms in total. The quantitative estimate of drug-likeness (QED) is 0.631. The molecule has 1 unspecified atom stereocenters. The van der Waals surface area contributed by atoms with Crippen molar-refractivity contribution >= 4 is 22.4 Å². The summed E-state index contributed by atoms with van der Waals surface area (Å²) in [6.45, 7) is 3.72. The molecule has 1 aromatic heterocycles. The van der Waals surface area contributed by atoms with Crippen molar-refractivity contribution in [1.82, 2.24) is 15.6 Å². The van der Waals surface area contributed by atoms with Gasteiger partial charge in [0, 0.05) is 33.1 Å². The van der Waals surface area contributed by atoms with Gasteiger partial charge in [-0.15, -0.1) is 11.3 Å². The first-order valence-corrected chi connectivity index (χ1v) is 8.59. The smallest absolute Gasteiger partial charge is 0.191 e. The number of hydrogen-bond acceptors (Lipinski definition) is 4. The minimum atomic E-state index is 0.425. The summed E-state index contributed by atoms with van der Waals surface area (Å²) in [4.78, 5) is 10.8. The molecule has 0 radical (unpaired) electrons. The van der Waals surface area contributed by atoms with Gasteiger partial charge in [-0.1, -0.05) is 37.3 Å². The number of aliphatic imine (C=N–C) groups is 1. The van der Waals surface area contributed by atoms with Gasteiger partial charge in [-0.05, 0) is 11.5 Å².